The van der Waals surface area contributed by atoms with Crippen molar-refractivity contribution < 1.29 is 22.4 Å². The van der Waals surface area contributed by atoms with E-state index in [1.807, 2.05) is 4.90 Å². The van der Waals surface area contributed by atoms with Gasteiger partial charge < -0.3 is 4.90 Å². The van der Waals surface area contributed by atoms with Crippen LogP contribution in [0.3, 0.4) is 0 Å². The number of sulfonamides is 1. The third-order valence-corrected chi connectivity index (χ3v) is 6.64. The van der Waals surface area contributed by atoms with Crippen LogP contribution in [0.5, 0.6) is 0 Å². The lowest BCUT2D eigenvalue weighted by Gasteiger charge is -2.32. The molecule has 2 aromatic carbocycles. The van der Waals surface area contributed by atoms with Gasteiger partial charge in [-0.2, -0.15) is 0 Å². The van der Waals surface area contributed by atoms with Crippen LogP contribution in [-0.2, 0) is 19.6 Å². The predicted octanol–water partition coefficient (Wildman–Crippen LogP) is 2.49. The molecule has 162 valence electrons. The van der Waals surface area contributed by atoms with Crippen molar-refractivity contribution >= 4 is 33.1 Å². The van der Waals surface area contributed by atoms with Crippen LogP contribution in [-0.4, -0.2) is 38.2 Å². The summed E-state index contributed by atoms with van der Waals surface area (Å²) in [6.07, 6.45) is 1.79. The molecule has 1 fully saturated rings. The molecule has 0 aliphatic carbocycles. The van der Waals surface area contributed by atoms with Crippen molar-refractivity contribution in [3.05, 3.63) is 65.6 Å². The fraction of sp³-hybridized carbons (Fsp3) is 0.273. The lowest BCUT2D eigenvalue weighted by molar-refractivity contribution is -0.120. The highest BCUT2D eigenvalue weighted by atomic mass is 32.2. The summed E-state index contributed by atoms with van der Waals surface area (Å²) in [4.78, 5) is 29.6. The Morgan fingerprint density at radius 3 is 2.06 bits per heavy atom. The number of nitrogens with zero attached hydrogens (tertiary/aromatic N) is 2. The molecule has 31 heavy (non-hydrogen) atoms. The molecular formula is C22H22FN3O4S. The smallest absolute Gasteiger partial charge is 0.282 e. The van der Waals surface area contributed by atoms with Gasteiger partial charge in [-0.3, -0.25) is 9.59 Å². The monoisotopic (exact) mass is 443 g/mol. The lowest BCUT2D eigenvalue weighted by atomic mass is 9.97. The summed E-state index contributed by atoms with van der Waals surface area (Å²) in [6.45, 7) is 3.42. The number of imide groups is 1. The molecule has 0 unspecified atom stereocenters. The van der Waals surface area contributed by atoms with Crippen LogP contribution >= 0.6 is 0 Å². The van der Waals surface area contributed by atoms with Crippen LogP contribution in [0.25, 0.3) is 5.57 Å². The van der Waals surface area contributed by atoms with Crippen LogP contribution in [0.15, 0.2) is 59.1 Å². The number of hydrogen-bond donors (Lipinski definition) is 1. The van der Waals surface area contributed by atoms with Crippen molar-refractivity contribution in [1.29, 1.82) is 0 Å². The first-order chi connectivity index (χ1) is 14.7. The number of piperidine rings is 1. The number of nitrogens with two attached hydrogens (primary N) is 1. The topological polar surface area (TPSA) is 101 Å². The first kappa shape index (κ1) is 21.2. The van der Waals surface area contributed by atoms with E-state index in [0.29, 0.717) is 30.3 Å². The van der Waals surface area contributed by atoms with Gasteiger partial charge >= 0.3 is 0 Å². The van der Waals surface area contributed by atoms with Crippen LogP contribution < -0.4 is 10.0 Å². The highest BCUT2D eigenvalue weighted by molar-refractivity contribution is 7.89. The number of amides is 2. The number of hydrogen-bond acceptors (Lipinski definition) is 5. The van der Waals surface area contributed by atoms with E-state index in [4.69, 9.17) is 5.14 Å². The minimum atomic E-state index is -3.90. The summed E-state index contributed by atoms with van der Waals surface area (Å²) in [5.41, 5.74) is 1.20. The molecular weight excluding hydrogens is 421 g/mol. The molecule has 7 nitrogen and oxygen atoms in total. The van der Waals surface area contributed by atoms with E-state index in [0.717, 1.165) is 17.7 Å². The quantitative estimate of drug-likeness (QED) is 0.732. The fourth-order valence-electron chi connectivity index (χ4n) is 3.94. The van der Waals surface area contributed by atoms with Gasteiger partial charge in [0, 0.05) is 13.1 Å². The van der Waals surface area contributed by atoms with Crippen LogP contribution in [0.1, 0.15) is 25.3 Å². The third-order valence-electron chi connectivity index (χ3n) is 5.72. The number of benzene rings is 2. The Morgan fingerprint density at radius 1 is 0.935 bits per heavy atom. The van der Waals surface area contributed by atoms with Gasteiger partial charge in [-0.25, -0.2) is 22.8 Å². The van der Waals surface area contributed by atoms with E-state index in [9.17, 15) is 22.4 Å². The van der Waals surface area contributed by atoms with E-state index in [-0.39, 0.29) is 16.2 Å². The number of halogens is 1. The van der Waals surface area contributed by atoms with E-state index in [2.05, 4.69) is 6.92 Å². The zero-order valence-electron chi connectivity index (χ0n) is 16.9. The maximum atomic E-state index is 13.5. The number of carbonyl (C=O) groups excluding carboxylic acids is 2. The van der Waals surface area contributed by atoms with Crippen LogP contribution in [0.2, 0.25) is 0 Å². The molecule has 9 heteroatoms. The van der Waals surface area contributed by atoms with Gasteiger partial charge in [-0.05, 0) is 60.7 Å². The summed E-state index contributed by atoms with van der Waals surface area (Å²) in [5, 5.41) is 5.14. The Balaban J connectivity index is 1.77. The zero-order chi connectivity index (χ0) is 22.3. The molecule has 0 radical (unpaired) electrons. The van der Waals surface area contributed by atoms with E-state index in [1.165, 1.54) is 48.5 Å². The van der Waals surface area contributed by atoms with Crippen molar-refractivity contribution in [3.63, 3.8) is 0 Å². The maximum Gasteiger partial charge on any atom is 0.282 e. The number of likely N-dealkylation sites (tertiary alicyclic amines) is 1. The van der Waals surface area contributed by atoms with Crippen molar-refractivity contribution in [2.45, 2.75) is 24.7 Å². The van der Waals surface area contributed by atoms with Gasteiger partial charge in [0.25, 0.3) is 11.8 Å². The lowest BCUT2D eigenvalue weighted by Crippen LogP contribution is -2.38. The summed E-state index contributed by atoms with van der Waals surface area (Å²) in [5.74, 6) is -0.930. The predicted molar refractivity (Wildman–Crippen MR) is 114 cm³/mol. The van der Waals surface area contributed by atoms with Crippen LogP contribution in [0, 0.1) is 11.7 Å². The number of rotatable bonds is 4. The second-order valence-corrected chi connectivity index (χ2v) is 9.45. The SMILES string of the molecule is CC1CCN(C2=C(c3ccc(F)cc3)C(=O)N(c3ccc(S(N)(=O)=O)cc3)C2=O)CC1. The van der Waals surface area contributed by atoms with Crippen molar-refractivity contribution in [1.82, 2.24) is 4.90 Å². The Hall–Kier alpha value is -3.04. The molecule has 2 amide bonds. The number of anilines is 1. The van der Waals surface area contributed by atoms with Gasteiger partial charge in [0.1, 0.15) is 11.5 Å². The average molecular weight is 444 g/mol. The average Bonchev–Trinajstić information content (AvgIpc) is 2.99. The highest BCUT2D eigenvalue weighted by Crippen LogP contribution is 2.36. The highest BCUT2D eigenvalue weighted by Gasteiger charge is 2.43. The first-order valence-electron chi connectivity index (χ1n) is 9.93. The Morgan fingerprint density at radius 2 is 1.52 bits per heavy atom. The minimum absolute atomic E-state index is 0.118. The molecule has 0 saturated carbocycles. The molecule has 4 rings (SSSR count). The molecule has 2 aromatic rings. The molecule has 1 saturated heterocycles. The van der Waals surface area contributed by atoms with Gasteiger partial charge in [-0.1, -0.05) is 19.1 Å². The second kappa shape index (κ2) is 7.90. The molecule has 2 aliphatic heterocycles. The third kappa shape index (κ3) is 3.98. The molecule has 0 atom stereocenters. The van der Waals surface area contributed by atoms with Crippen molar-refractivity contribution in [2.75, 3.05) is 18.0 Å². The molecule has 0 spiro atoms. The van der Waals surface area contributed by atoms with Gasteiger partial charge in [0.15, 0.2) is 0 Å². The summed E-state index contributed by atoms with van der Waals surface area (Å²) in [7, 11) is -3.90. The molecule has 2 heterocycles. The Bertz CT molecular complexity index is 1170. The second-order valence-electron chi connectivity index (χ2n) is 7.88. The van der Waals surface area contributed by atoms with Gasteiger partial charge in [0.05, 0.1) is 16.2 Å². The largest absolute Gasteiger partial charge is 0.366 e. The summed E-state index contributed by atoms with van der Waals surface area (Å²) in [6, 6.07) is 10.7. The number of carbonyl (C=O) groups is 2. The standard InChI is InChI=1S/C22H22FN3O4S/c1-14-10-12-25(13-11-14)20-19(15-2-4-16(23)5-3-15)21(27)26(22(20)28)17-6-8-18(9-7-17)31(24,29)30/h2-9,14H,10-13H2,1H3,(H2,24,29,30). The summed E-state index contributed by atoms with van der Waals surface area (Å²) < 4.78 is 36.5. The first-order valence-corrected chi connectivity index (χ1v) is 11.5. The van der Waals surface area contributed by atoms with Crippen LogP contribution in [0.4, 0.5) is 10.1 Å². The number of primary sulfonamides is 1. The molecule has 0 bridgehead atoms. The van der Waals surface area contributed by atoms with Gasteiger partial charge in [-0.15, -0.1) is 0 Å². The van der Waals surface area contributed by atoms with Gasteiger partial charge in [0.2, 0.25) is 10.0 Å². The van der Waals surface area contributed by atoms with E-state index >= 15 is 0 Å². The molecule has 2 N–H and O–H groups in total. The van der Waals surface area contributed by atoms with Crippen molar-refractivity contribution in [2.24, 2.45) is 11.1 Å². The maximum absolute atomic E-state index is 13.5. The van der Waals surface area contributed by atoms with Crippen molar-refractivity contribution in [3.8, 4) is 0 Å². The zero-order valence-corrected chi connectivity index (χ0v) is 17.7. The van der Waals surface area contributed by atoms with E-state index < -0.39 is 27.7 Å². The van der Waals surface area contributed by atoms with E-state index in [1.54, 1.807) is 0 Å². The molecule has 0 aromatic heterocycles. The fourth-order valence-corrected chi connectivity index (χ4v) is 4.46. The minimum Gasteiger partial charge on any atom is -0.366 e. The molecule has 2 aliphatic rings. The Labute approximate surface area is 180 Å². The summed E-state index contributed by atoms with van der Waals surface area (Å²) >= 11 is 0. The normalized spacial score (nSPS) is 18.3. The Kier molecular flexibility index (Phi) is 5.40.